The maximum Gasteiger partial charge on any atom is 0.240 e. The topological polar surface area (TPSA) is 46.2 Å². The lowest BCUT2D eigenvalue weighted by molar-refractivity contribution is 0.581. The van der Waals surface area contributed by atoms with Gasteiger partial charge < -0.3 is 0 Å². The predicted molar refractivity (Wildman–Crippen MR) is 89.2 cm³/mol. The van der Waals surface area contributed by atoms with Gasteiger partial charge in [-0.05, 0) is 31.5 Å². The monoisotopic (exact) mass is 367 g/mol. The Bertz CT molecular complexity index is 694. The lowest BCUT2D eigenvalue weighted by atomic mass is 10.1. The van der Waals surface area contributed by atoms with Crippen LogP contribution in [0.15, 0.2) is 53.4 Å². The van der Waals surface area contributed by atoms with Crippen LogP contribution in [0, 0.1) is 13.8 Å². The fourth-order valence-corrected chi connectivity index (χ4v) is 3.61. The van der Waals surface area contributed by atoms with E-state index in [2.05, 4.69) is 20.7 Å². The third-order valence-electron chi connectivity index (χ3n) is 3.22. The quantitative estimate of drug-likeness (QED) is 0.818. The second-order valence-corrected chi connectivity index (χ2v) is 7.92. The summed E-state index contributed by atoms with van der Waals surface area (Å²) < 4.78 is 27.0. The first-order valence-corrected chi connectivity index (χ1v) is 9.05. The van der Waals surface area contributed by atoms with Crippen LogP contribution in [0.1, 0.15) is 21.5 Å². The first kappa shape index (κ1) is 16.2. The van der Waals surface area contributed by atoms with Gasteiger partial charge in [-0.3, -0.25) is 0 Å². The van der Waals surface area contributed by atoms with Crippen LogP contribution in [0.25, 0.3) is 0 Å². The summed E-state index contributed by atoms with van der Waals surface area (Å²) >= 11 is 3.52. The molecule has 112 valence electrons. The number of aryl methyl sites for hydroxylation is 2. The average Bonchev–Trinajstić information content (AvgIpc) is 2.46. The van der Waals surface area contributed by atoms with Crippen LogP contribution in [-0.2, 0) is 10.0 Å². The number of nitrogens with one attached hydrogen (secondary N) is 1. The van der Waals surface area contributed by atoms with E-state index in [0.717, 1.165) is 11.1 Å². The fraction of sp³-hybridized carbons (Fsp3) is 0.250. The van der Waals surface area contributed by atoms with Crippen molar-refractivity contribution in [1.29, 1.82) is 0 Å². The highest BCUT2D eigenvalue weighted by atomic mass is 79.9. The van der Waals surface area contributed by atoms with Crippen molar-refractivity contribution in [2.75, 3.05) is 6.54 Å². The van der Waals surface area contributed by atoms with Gasteiger partial charge in [-0.15, -0.1) is 0 Å². The molecule has 5 heteroatoms. The van der Waals surface area contributed by atoms with E-state index in [1.165, 1.54) is 5.56 Å². The number of alkyl halides is 1. The molecule has 0 bridgehead atoms. The van der Waals surface area contributed by atoms with Crippen LogP contribution >= 0.6 is 15.9 Å². The fourth-order valence-electron chi connectivity index (χ4n) is 1.88. The Morgan fingerprint density at radius 2 is 1.43 bits per heavy atom. The molecule has 0 aliphatic carbocycles. The number of hydrogen-bond donors (Lipinski definition) is 1. The van der Waals surface area contributed by atoms with E-state index in [1.807, 2.05) is 38.1 Å². The van der Waals surface area contributed by atoms with Crippen molar-refractivity contribution in [3.8, 4) is 0 Å². The largest absolute Gasteiger partial charge is 0.240 e. The number of hydrogen-bond acceptors (Lipinski definition) is 2. The number of halogens is 1. The molecule has 0 aliphatic rings. The number of benzene rings is 2. The molecule has 0 saturated carbocycles. The minimum Gasteiger partial charge on any atom is -0.210 e. The van der Waals surface area contributed by atoms with Crippen molar-refractivity contribution in [2.24, 2.45) is 0 Å². The zero-order valence-corrected chi connectivity index (χ0v) is 14.4. The van der Waals surface area contributed by atoms with Crippen molar-refractivity contribution >= 4 is 26.0 Å². The first-order valence-electron chi connectivity index (χ1n) is 6.65. The molecule has 0 saturated heterocycles. The standard InChI is InChI=1S/C16H18BrNO2S/c1-12-3-7-14(8-4-12)16(17)11-18-21(19,20)15-9-5-13(2)6-10-15/h3-10,16,18H,11H2,1-2H3. The summed E-state index contributed by atoms with van der Waals surface area (Å²) in [5, 5.41) is 0. The van der Waals surface area contributed by atoms with Crippen LogP contribution in [0.5, 0.6) is 0 Å². The maximum absolute atomic E-state index is 12.2. The van der Waals surface area contributed by atoms with Gasteiger partial charge >= 0.3 is 0 Å². The Labute approximate surface area is 134 Å². The molecule has 0 radical (unpaired) electrons. The van der Waals surface area contributed by atoms with Crippen LogP contribution in [0.3, 0.4) is 0 Å². The normalized spacial score (nSPS) is 13.1. The van der Waals surface area contributed by atoms with E-state index in [4.69, 9.17) is 0 Å². The smallest absolute Gasteiger partial charge is 0.210 e. The molecule has 2 aromatic carbocycles. The molecule has 1 atom stereocenters. The van der Waals surface area contributed by atoms with Crippen LogP contribution < -0.4 is 4.72 Å². The summed E-state index contributed by atoms with van der Waals surface area (Å²) in [7, 11) is -3.47. The molecule has 0 fully saturated rings. The third kappa shape index (κ3) is 4.40. The number of rotatable bonds is 5. The highest BCUT2D eigenvalue weighted by Gasteiger charge is 2.16. The molecule has 21 heavy (non-hydrogen) atoms. The van der Waals surface area contributed by atoms with Gasteiger partial charge in [0.25, 0.3) is 0 Å². The van der Waals surface area contributed by atoms with Crippen molar-refractivity contribution in [2.45, 2.75) is 23.6 Å². The van der Waals surface area contributed by atoms with E-state index in [0.29, 0.717) is 6.54 Å². The first-order chi connectivity index (χ1) is 9.88. The zero-order valence-electron chi connectivity index (χ0n) is 12.0. The minimum absolute atomic E-state index is 0.0571. The van der Waals surface area contributed by atoms with Gasteiger partial charge in [0.1, 0.15) is 0 Å². The molecule has 0 spiro atoms. The SMILES string of the molecule is Cc1ccc(C(Br)CNS(=O)(=O)c2ccc(C)cc2)cc1. The zero-order chi connectivity index (χ0) is 15.5. The van der Waals surface area contributed by atoms with Gasteiger partial charge in [-0.2, -0.15) is 0 Å². The van der Waals surface area contributed by atoms with Crippen molar-refractivity contribution in [1.82, 2.24) is 4.72 Å². The Balaban J connectivity index is 2.04. The van der Waals surface area contributed by atoms with Crippen molar-refractivity contribution in [3.05, 3.63) is 65.2 Å². The molecule has 0 aromatic heterocycles. The summed E-state index contributed by atoms with van der Waals surface area (Å²) in [6.45, 7) is 4.25. The molecular formula is C16H18BrNO2S. The van der Waals surface area contributed by atoms with E-state index < -0.39 is 10.0 Å². The molecule has 2 rings (SSSR count). The molecule has 1 unspecified atom stereocenters. The third-order valence-corrected chi connectivity index (χ3v) is 5.51. The Morgan fingerprint density at radius 3 is 1.95 bits per heavy atom. The van der Waals surface area contributed by atoms with E-state index in [-0.39, 0.29) is 9.72 Å². The predicted octanol–water partition coefficient (Wildman–Crippen LogP) is 3.72. The minimum atomic E-state index is -3.47. The summed E-state index contributed by atoms with van der Waals surface area (Å²) in [6.07, 6.45) is 0. The van der Waals surface area contributed by atoms with Crippen molar-refractivity contribution in [3.63, 3.8) is 0 Å². The lowest BCUT2D eigenvalue weighted by Crippen LogP contribution is -2.27. The van der Waals surface area contributed by atoms with Crippen LogP contribution in [-0.4, -0.2) is 15.0 Å². The maximum atomic E-state index is 12.2. The number of sulfonamides is 1. The van der Waals surface area contributed by atoms with Gasteiger partial charge in [-0.1, -0.05) is 63.5 Å². The van der Waals surface area contributed by atoms with Gasteiger partial charge in [0, 0.05) is 6.54 Å². The molecule has 2 aromatic rings. The van der Waals surface area contributed by atoms with Gasteiger partial charge in [0.05, 0.1) is 9.72 Å². The van der Waals surface area contributed by atoms with Crippen molar-refractivity contribution < 1.29 is 8.42 Å². The summed E-state index contributed by atoms with van der Waals surface area (Å²) in [5.74, 6) is 0. The van der Waals surface area contributed by atoms with Gasteiger partial charge in [0.2, 0.25) is 10.0 Å². The van der Waals surface area contributed by atoms with Crippen LogP contribution in [0.2, 0.25) is 0 Å². The second-order valence-electron chi connectivity index (χ2n) is 5.04. The summed E-state index contributed by atoms with van der Waals surface area (Å²) in [5.41, 5.74) is 3.26. The highest BCUT2D eigenvalue weighted by Crippen LogP contribution is 2.22. The summed E-state index contributed by atoms with van der Waals surface area (Å²) in [4.78, 5) is 0.232. The highest BCUT2D eigenvalue weighted by molar-refractivity contribution is 9.09. The van der Waals surface area contributed by atoms with E-state index in [9.17, 15) is 8.42 Å². The van der Waals surface area contributed by atoms with Gasteiger partial charge in [-0.25, -0.2) is 13.1 Å². The Hall–Kier alpha value is -1.17. The Morgan fingerprint density at radius 1 is 0.952 bits per heavy atom. The van der Waals surface area contributed by atoms with E-state index in [1.54, 1.807) is 24.3 Å². The van der Waals surface area contributed by atoms with E-state index >= 15 is 0 Å². The van der Waals surface area contributed by atoms with Crippen LogP contribution in [0.4, 0.5) is 0 Å². The molecule has 0 heterocycles. The molecule has 3 nitrogen and oxygen atoms in total. The molecule has 0 amide bonds. The molecule has 0 aliphatic heterocycles. The molecular weight excluding hydrogens is 350 g/mol. The lowest BCUT2D eigenvalue weighted by Gasteiger charge is -2.12. The summed E-state index contributed by atoms with van der Waals surface area (Å²) in [6, 6.07) is 14.8. The van der Waals surface area contributed by atoms with Gasteiger partial charge in [0.15, 0.2) is 0 Å². The second kappa shape index (κ2) is 6.73. The molecule has 1 N–H and O–H groups in total. The average molecular weight is 368 g/mol. The Kier molecular flexibility index (Phi) is 5.19.